The maximum atomic E-state index is 10.3. The fraction of sp³-hybridized carbons (Fsp3) is 0.900. The molecule has 0 aromatic carbocycles. The van der Waals surface area contributed by atoms with Crippen molar-refractivity contribution >= 4 is 6.29 Å². The molecule has 0 amide bonds. The Kier molecular flexibility index (Phi) is 7.94. The van der Waals surface area contributed by atoms with E-state index in [9.17, 15) is 4.79 Å². The zero-order chi connectivity index (χ0) is 10.1. The number of carbonyl (C=O) groups excluding carboxylic acids is 1. The van der Waals surface area contributed by atoms with Crippen molar-refractivity contribution in [3.8, 4) is 0 Å². The van der Waals surface area contributed by atoms with E-state index in [0.29, 0.717) is 6.54 Å². The van der Waals surface area contributed by atoms with Crippen LogP contribution in [0.1, 0.15) is 20.8 Å². The third kappa shape index (κ3) is 5.77. The van der Waals surface area contributed by atoms with Gasteiger partial charge in [-0.25, -0.2) is 0 Å². The zero-order valence-corrected chi connectivity index (χ0v) is 9.12. The summed E-state index contributed by atoms with van der Waals surface area (Å²) in [5.74, 6) is 0. The van der Waals surface area contributed by atoms with Gasteiger partial charge in [0, 0.05) is 13.1 Å². The molecule has 0 aliphatic rings. The molecule has 0 fully saturated rings. The first kappa shape index (κ1) is 12.6. The SMILES string of the molecule is CCN(CC)CCN(CC)CC=O. The number of rotatable bonds is 8. The Hall–Kier alpha value is -0.410. The molecule has 0 N–H and O–H groups in total. The van der Waals surface area contributed by atoms with Gasteiger partial charge in [0.1, 0.15) is 6.29 Å². The minimum atomic E-state index is 0.567. The molecule has 0 saturated heterocycles. The third-order valence-corrected chi connectivity index (χ3v) is 2.41. The second kappa shape index (κ2) is 8.20. The molecular weight excluding hydrogens is 164 g/mol. The summed E-state index contributed by atoms with van der Waals surface area (Å²) in [6.07, 6.45) is 0.978. The quantitative estimate of drug-likeness (QED) is 0.525. The van der Waals surface area contributed by atoms with Crippen molar-refractivity contribution in [3.63, 3.8) is 0 Å². The summed E-state index contributed by atoms with van der Waals surface area (Å²) in [7, 11) is 0. The van der Waals surface area contributed by atoms with Crippen LogP contribution in [0.2, 0.25) is 0 Å². The van der Waals surface area contributed by atoms with Crippen molar-refractivity contribution in [2.75, 3.05) is 39.3 Å². The summed E-state index contributed by atoms with van der Waals surface area (Å²) < 4.78 is 0. The number of aldehydes is 1. The molecule has 0 aliphatic heterocycles. The number of nitrogens with zero attached hydrogens (tertiary/aromatic N) is 2. The molecule has 0 bridgehead atoms. The highest BCUT2D eigenvalue weighted by atomic mass is 16.1. The van der Waals surface area contributed by atoms with Crippen LogP contribution in [0.4, 0.5) is 0 Å². The van der Waals surface area contributed by atoms with Gasteiger partial charge in [0.15, 0.2) is 0 Å². The molecule has 0 saturated carbocycles. The van der Waals surface area contributed by atoms with Crippen LogP contribution in [0.3, 0.4) is 0 Å². The largest absolute Gasteiger partial charge is 0.303 e. The van der Waals surface area contributed by atoms with E-state index in [2.05, 4.69) is 30.6 Å². The Bertz CT molecular complexity index is 124. The van der Waals surface area contributed by atoms with E-state index in [-0.39, 0.29) is 0 Å². The first-order valence-electron chi connectivity index (χ1n) is 5.16. The highest BCUT2D eigenvalue weighted by molar-refractivity contribution is 5.51. The second-order valence-corrected chi connectivity index (χ2v) is 3.09. The molecule has 0 rings (SSSR count). The summed E-state index contributed by atoms with van der Waals surface area (Å²) >= 11 is 0. The molecule has 0 atom stereocenters. The summed E-state index contributed by atoms with van der Waals surface area (Å²) in [5, 5.41) is 0. The molecule has 0 aliphatic carbocycles. The minimum absolute atomic E-state index is 0.567. The van der Waals surface area contributed by atoms with E-state index >= 15 is 0 Å². The molecule has 3 heteroatoms. The lowest BCUT2D eigenvalue weighted by atomic mass is 10.4. The van der Waals surface area contributed by atoms with Gasteiger partial charge in [-0.1, -0.05) is 20.8 Å². The van der Waals surface area contributed by atoms with Gasteiger partial charge < -0.3 is 9.69 Å². The lowest BCUT2D eigenvalue weighted by Crippen LogP contribution is -2.35. The van der Waals surface area contributed by atoms with Crippen LogP contribution >= 0.6 is 0 Å². The summed E-state index contributed by atoms with van der Waals surface area (Å²) in [4.78, 5) is 14.8. The number of likely N-dealkylation sites (N-methyl/N-ethyl adjacent to an activating group) is 2. The molecule has 13 heavy (non-hydrogen) atoms. The van der Waals surface area contributed by atoms with Crippen molar-refractivity contribution in [1.29, 1.82) is 0 Å². The van der Waals surface area contributed by atoms with Crippen LogP contribution < -0.4 is 0 Å². The van der Waals surface area contributed by atoms with Crippen LogP contribution in [0, 0.1) is 0 Å². The van der Waals surface area contributed by atoms with Crippen molar-refractivity contribution in [2.45, 2.75) is 20.8 Å². The maximum Gasteiger partial charge on any atom is 0.133 e. The highest BCUT2D eigenvalue weighted by Crippen LogP contribution is 1.90. The van der Waals surface area contributed by atoms with E-state index in [1.165, 1.54) is 0 Å². The number of hydrogen-bond acceptors (Lipinski definition) is 3. The Balaban J connectivity index is 3.62. The monoisotopic (exact) mass is 186 g/mol. The first-order chi connectivity index (χ1) is 6.28. The molecule has 0 spiro atoms. The number of carbonyl (C=O) groups is 1. The van der Waals surface area contributed by atoms with Gasteiger partial charge in [0.2, 0.25) is 0 Å². The van der Waals surface area contributed by atoms with Crippen molar-refractivity contribution < 1.29 is 4.79 Å². The topological polar surface area (TPSA) is 23.6 Å². The predicted molar refractivity (Wildman–Crippen MR) is 56.0 cm³/mol. The second-order valence-electron chi connectivity index (χ2n) is 3.09. The lowest BCUT2D eigenvalue weighted by Gasteiger charge is -2.23. The van der Waals surface area contributed by atoms with Gasteiger partial charge >= 0.3 is 0 Å². The summed E-state index contributed by atoms with van der Waals surface area (Å²) in [6, 6.07) is 0. The lowest BCUT2D eigenvalue weighted by molar-refractivity contribution is -0.108. The van der Waals surface area contributed by atoms with Crippen LogP contribution in [0.5, 0.6) is 0 Å². The zero-order valence-electron chi connectivity index (χ0n) is 9.12. The normalized spacial score (nSPS) is 11.2. The smallest absolute Gasteiger partial charge is 0.133 e. The van der Waals surface area contributed by atoms with Crippen LogP contribution in [0.15, 0.2) is 0 Å². The van der Waals surface area contributed by atoms with Crippen LogP contribution in [-0.2, 0) is 4.79 Å². The van der Waals surface area contributed by atoms with Crippen molar-refractivity contribution in [2.24, 2.45) is 0 Å². The van der Waals surface area contributed by atoms with Crippen molar-refractivity contribution in [1.82, 2.24) is 9.80 Å². The summed E-state index contributed by atoms with van der Waals surface area (Å²) in [6.45, 7) is 12.2. The Morgan fingerprint density at radius 2 is 1.38 bits per heavy atom. The standard InChI is InChI=1S/C10H22N2O/c1-4-11(5-2)7-8-12(6-3)9-10-13/h10H,4-9H2,1-3H3. The van der Waals surface area contributed by atoms with Crippen LogP contribution in [0.25, 0.3) is 0 Å². The molecule has 0 aromatic heterocycles. The minimum Gasteiger partial charge on any atom is -0.303 e. The first-order valence-corrected chi connectivity index (χ1v) is 5.16. The molecule has 0 heterocycles. The average molecular weight is 186 g/mol. The predicted octanol–water partition coefficient (Wildman–Crippen LogP) is 0.849. The molecule has 0 aromatic rings. The van der Waals surface area contributed by atoms with Gasteiger partial charge in [0.25, 0.3) is 0 Å². The van der Waals surface area contributed by atoms with Crippen molar-refractivity contribution in [3.05, 3.63) is 0 Å². The fourth-order valence-electron chi connectivity index (χ4n) is 1.31. The van der Waals surface area contributed by atoms with Gasteiger partial charge in [-0.15, -0.1) is 0 Å². The van der Waals surface area contributed by atoms with E-state index in [0.717, 1.165) is 39.0 Å². The highest BCUT2D eigenvalue weighted by Gasteiger charge is 2.03. The Morgan fingerprint density at radius 1 is 0.923 bits per heavy atom. The Morgan fingerprint density at radius 3 is 1.77 bits per heavy atom. The van der Waals surface area contributed by atoms with Crippen LogP contribution in [-0.4, -0.2) is 55.4 Å². The average Bonchev–Trinajstić information content (AvgIpc) is 2.17. The van der Waals surface area contributed by atoms with E-state index in [1.54, 1.807) is 0 Å². The fourth-order valence-corrected chi connectivity index (χ4v) is 1.31. The Labute approximate surface area is 81.7 Å². The van der Waals surface area contributed by atoms with Gasteiger partial charge in [-0.2, -0.15) is 0 Å². The molecular formula is C10H22N2O. The third-order valence-electron chi connectivity index (χ3n) is 2.41. The summed E-state index contributed by atoms with van der Waals surface area (Å²) in [5.41, 5.74) is 0. The molecule has 0 radical (unpaired) electrons. The molecule has 0 unspecified atom stereocenters. The molecule has 3 nitrogen and oxygen atoms in total. The number of hydrogen-bond donors (Lipinski definition) is 0. The van der Waals surface area contributed by atoms with Gasteiger partial charge in [-0.3, -0.25) is 4.90 Å². The van der Waals surface area contributed by atoms with E-state index < -0.39 is 0 Å². The maximum absolute atomic E-state index is 10.3. The molecule has 78 valence electrons. The van der Waals surface area contributed by atoms with E-state index in [1.807, 2.05) is 0 Å². The van der Waals surface area contributed by atoms with Gasteiger partial charge in [-0.05, 0) is 19.6 Å². The van der Waals surface area contributed by atoms with E-state index in [4.69, 9.17) is 0 Å². The van der Waals surface area contributed by atoms with Gasteiger partial charge in [0.05, 0.1) is 6.54 Å².